The van der Waals surface area contributed by atoms with E-state index >= 15 is 0 Å². The van der Waals surface area contributed by atoms with Crippen molar-refractivity contribution in [2.75, 3.05) is 19.1 Å². The summed E-state index contributed by atoms with van der Waals surface area (Å²) in [6.07, 6.45) is 1.69. The number of rotatable bonds is 5. The Morgan fingerprint density at radius 3 is 2.72 bits per heavy atom. The van der Waals surface area contributed by atoms with E-state index in [2.05, 4.69) is 5.32 Å². The first-order valence-electron chi connectivity index (χ1n) is 7.77. The van der Waals surface area contributed by atoms with Crippen LogP contribution in [-0.4, -0.2) is 29.8 Å². The van der Waals surface area contributed by atoms with E-state index in [1.165, 1.54) is 4.90 Å². The maximum Gasteiger partial charge on any atom is 0.295 e. The van der Waals surface area contributed by atoms with E-state index in [0.29, 0.717) is 10.7 Å². The predicted octanol–water partition coefficient (Wildman–Crippen LogP) is 4.11. The van der Waals surface area contributed by atoms with Crippen LogP contribution in [0.2, 0.25) is 0 Å². The van der Waals surface area contributed by atoms with Crippen molar-refractivity contribution in [1.82, 2.24) is 4.90 Å². The van der Waals surface area contributed by atoms with Crippen molar-refractivity contribution in [3.05, 3.63) is 64.6 Å². The van der Waals surface area contributed by atoms with E-state index in [4.69, 9.17) is 4.74 Å². The lowest BCUT2D eigenvalue weighted by Gasteiger charge is -2.14. The van der Waals surface area contributed by atoms with Gasteiger partial charge in [-0.25, -0.2) is 0 Å². The second-order valence-corrected chi connectivity index (χ2v) is 6.55. The van der Waals surface area contributed by atoms with Gasteiger partial charge >= 0.3 is 0 Å². The van der Waals surface area contributed by atoms with Crippen LogP contribution in [0, 0.1) is 6.92 Å². The fourth-order valence-corrected chi connectivity index (χ4v) is 3.32. The van der Waals surface area contributed by atoms with Crippen LogP contribution < -0.4 is 10.1 Å². The zero-order chi connectivity index (χ0) is 17.8. The highest BCUT2D eigenvalue weighted by atomic mass is 32.2. The van der Waals surface area contributed by atoms with Crippen LogP contribution in [0.3, 0.4) is 0 Å². The summed E-state index contributed by atoms with van der Waals surface area (Å²) in [5, 5.41) is 2.83. The number of carbonyl (C=O) groups is 2. The van der Waals surface area contributed by atoms with Gasteiger partial charge in [0.05, 0.1) is 18.7 Å². The Kier molecular flexibility index (Phi) is 5.09. The van der Waals surface area contributed by atoms with Crippen LogP contribution in [0.5, 0.6) is 5.75 Å². The average Bonchev–Trinajstić information content (AvgIpc) is 2.87. The highest BCUT2D eigenvalue weighted by molar-refractivity contribution is 8.18. The highest BCUT2D eigenvalue weighted by Gasteiger charge is 2.34. The van der Waals surface area contributed by atoms with Crippen molar-refractivity contribution in [2.24, 2.45) is 0 Å². The van der Waals surface area contributed by atoms with Gasteiger partial charge in [0.15, 0.2) is 0 Å². The SMILES string of the molecule is COc1ccccc1C=C1SC(=O)N(CNc2cccc(C)c2)C1=O. The first-order valence-corrected chi connectivity index (χ1v) is 8.59. The van der Waals surface area contributed by atoms with E-state index in [1.807, 2.05) is 55.5 Å². The van der Waals surface area contributed by atoms with Gasteiger partial charge < -0.3 is 10.1 Å². The number of hydrogen-bond donors (Lipinski definition) is 1. The molecule has 25 heavy (non-hydrogen) atoms. The molecule has 0 atom stereocenters. The maximum atomic E-state index is 12.5. The van der Waals surface area contributed by atoms with Crippen molar-refractivity contribution in [2.45, 2.75) is 6.92 Å². The number of aryl methyl sites for hydroxylation is 1. The molecule has 1 saturated heterocycles. The number of hydrogen-bond acceptors (Lipinski definition) is 5. The molecule has 0 bridgehead atoms. The number of para-hydroxylation sites is 1. The molecule has 0 radical (unpaired) electrons. The Morgan fingerprint density at radius 1 is 1.16 bits per heavy atom. The van der Waals surface area contributed by atoms with Crippen molar-refractivity contribution in [3.8, 4) is 5.75 Å². The number of imide groups is 1. The number of amides is 2. The molecular weight excluding hydrogens is 336 g/mol. The molecule has 0 spiro atoms. The molecule has 0 aromatic heterocycles. The summed E-state index contributed by atoms with van der Waals surface area (Å²) in [7, 11) is 1.57. The fourth-order valence-electron chi connectivity index (χ4n) is 2.49. The summed E-state index contributed by atoms with van der Waals surface area (Å²) in [5.74, 6) is 0.355. The van der Waals surface area contributed by atoms with Gasteiger partial charge in [-0.3, -0.25) is 14.5 Å². The number of thioether (sulfide) groups is 1. The smallest absolute Gasteiger partial charge is 0.295 e. The van der Waals surface area contributed by atoms with Gasteiger partial charge in [-0.1, -0.05) is 30.3 Å². The van der Waals surface area contributed by atoms with Crippen LogP contribution in [0.4, 0.5) is 10.5 Å². The molecule has 5 nitrogen and oxygen atoms in total. The third kappa shape index (κ3) is 3.85. The van der Waals surface area contributed by atoms with E-state index in [1.54, 1.807) is 13.2 Å². The minimum atomic E-state index is -0.305. The summed E-state index contributed by atoms with van der Waals surface area (Å²) < 4.78 is 5.29. The molecule has 1 aliphatic heterocycles. The Labute approximate surface area is 150 Å². The van der Waals surface area contributed by atoms with Gasteiger partial charge in [0.1, 0.15) is 5.75 Å². The Hall–Kier alpha value is -2.73. The summed E-state index contributed by atoms with van der Waals surface area (Å²) in [6.45, 7) is 2.12. The maximum absolute atomic E-state index is 12.5. The summed E-state index contributed by atoms with van der Waals surface area (Å²) in [6, 6.07) is 15.1. The first kappa shape index (κ1) is 17.1. The van der Waals surface area contributed by atoms with Gasteiger partial charge in [-0.05, 0) is 48.5 Å². The lowest BCUT2D eigenvalue weighted by atomic mass is 10.2. The Balaban J connectivity index is 1.75. The fraction of sp³-hybridized carbons (Fsp3) is 0.158. The number of nitrogens with zero attached hydrogens (tertiary/aromatic N) is 1. The number of anilines is 1. The lowest BCUT2D eigenvalue weighted by Crippen LogP contribution is -2.33. The van der Waals surface area contributed by atoms with Crippen LogP contribution >= 0.6 is 11.8 Å². The third-order valence-electron chi connectivity index (χ3n) is 3.76. The van der Waals surface area contributed by atoms with Crippen LogP contribution in [-0.2, 0) is 4.79 Å². The quantitative estimate of drug-likeness (QED) is 0.819. The van der Waals surface area contributed by atoms with E-state index < -0.39 is 0 Å². The number of ether oxygens (including phenoxy) is 1. The van der Waals surface area contributed by atoms with Gasteiger partial charge in [-0.2, -0.15) is 0 Å². The standard InChI is InChI=1S/C19H18N2O3S/c1-13-6-5-8-15(10-13)20-12-21-18(22)17(25-19(21)23)11-14-7-3-4-9-16(14)24-2/h3-11,20H,12H2,1-2H3. The second kappa shape index (κ2) is 7.44. The third-order valence-corrected chi connectivity index (χ3v) is 4.67. The summed E-state index contributed by atoms with van der Waals surface area (Å²) >= 11 is 0.937. The van der Waals surface area contributed by atoms with Crippen LogP contribution in [0.15, 0.2) is 53.4 Å². The van der Waals surface area contributed by atoms with Gasteiger partial charge in [0.2, 0.25) is 0 Å². The van der Waals surface area contributed by atoms with Crippen molar-refractivity contribution >= 4 is 34.7 Å². The molecule has 2 aromatic rings. The zero-order valence-electron chi connectivity index (χ0n) is 14.0. The van der Waals surface area contributed by atoms with E-state index in [0.717, 1.165) is 28.6 Å². The molecule has 1 N–H and O–H groups in total. The van der Waals surface area contributed by atoms with Crippen LogP contribution in [0.1, 0.15) is 11.1 Å². The highest BCUT2D eigenvalue weighted by Crippen LogP contribution is 2.33. The van der Waals surface area contributed by atoms with E-state index in [-0.39, 0.29) is 17.8 Å². The number of carbonyl (C=O) groups excluding carboxylic acids is 2. The van der Waals surface area contributed by atoms with Gasteiger partial charge in [0.25, 0.3) is 11.1 Å². The molecule has 2 amide bonds. The van der Waals surface area contributed by atoms with Gasteiger partial charge in [-0.15, -0.1) is 0 Å². The summed E-state index contributed by atoms with van der Waals surface area (Å²) in [4.78, 5) is 26.3. The molecule has 0 unspecified atom stereocenters. The van der Waals surface area contributed by atoms with E-state index in [9.17, 15) is 9.59 Å². The lowest BCUT2D eigenvalue weighted by molar-refractivity contribution is -0.122. The Morgan fingerprint density at radius 2 is 1.96 bits per heavy atom. The second-order valence-electron chi connectivity index (χ2n) is 5.56. The Bertz CT molecular complexity index is 848. The van der Waals surface area contributed by atoms with Crippen molar-refractivity contribution < 1.29 is 14.3 Å². The zero-order valence-corrected chi connectivity index (χ0v) is 14.8. The van der Waals surface area contributed by atoms with Crippen LogP contribution in [0.25, 0.3) is 6.08 Å². The largest absolute Gasteiger partial charge is 0.496 e. The molecule has 2 aromatic carbocycles. The molecule has 0 saturated carbocycles. The number of benzene rings is 2. The van der Waals surface area contributed by atoms with Crippen molar-refractivity contribution in [3.63, 3.8) is 0 Å². The molecular formula is C19H18N2O3S. The minimum absolute atomic E-state index is 0.136. The topological polar surface area (TPSA) is 58.6 Å². The average molecular weight is 354 g/mol. The predicted molar refractivity (Wildman–Crippen MR) is 100 cm³/mol. The molecule has 1 fully saturated rings. The summed E-state index contributed by atoms with van der Waals surface area (Å²) in [5.41, 5.74) is 2.74. The monoisotopic (exact) mass is 354 g/mol. The number of methoxy groups -OCH3 is 1. The molecule has 1 heterocycles. The molecule has 0 aliphatic carbocycles. The number of nitrogens with one attached hydrogen (secondary N) is 1. The minimum Gasteiger partial charge on any atom is -0.496 e. The molecule has 6 heteroatoms. The van der Waals surface area contributed by atoms with Gasteiger partial charge in [0, 0.05) is 11.3 Å². The first-order chi connectivity index (χ1) is 12.1. The molecule has 1 aliphatic rings. The molecule has 128 valence electrons. The van der Waals surface area contributed by atoms with Crippen molar-refractivity contribution in [1.29, 1.82) is 0 Å². The molecule has 3 rings (SSSR count). The normalized spacial score (nSPS) is 15.8.